The van der Waals surface area contributed by atoms with Crippen molar-refractivity contribution >= 4 is 17.2 Å². The molecule has 5 nitrogen and oxygen atoms in total. The van der Waals surface area contributed by atoms with Crippen LogP contribution in [0, 0.1) is 6.92 Å². The molecule has 1 atom stereocenters. The van der Waals surface area contributed by atoms with Gasteiger partial charge in [0.05, 0.1) is 17.1 Å². The minimum atomic E-state index is -0.0904. The number of carbonyl (C=O) groups excluding carboxylic acids is 1. The van der Waals surface area contributed by atoms with Crippen molar-refractivity contribution in [1.82, 2.24) is 15.1 Å². The zero-order chi connectivity index (χ0) is 17.8. The number of nitrogens with zero attached hydrogens (tertiary/aromatic N) is 2. The molecule has 0 bridgehead atoms. The second kappa shape index (κ2) is 7.53. The number of hydrogen-bond donors (Lipinski definition) is 1. The maximum atomic E-state index is 12.5. The first-order valence-electron chi connectivity index (χ1n) is 8.09. The van der Waals surface area contributed by atoms with Crippen LogP contribution in [0.1, 0.15) is 39.5 Å². The summed E-state index contributed by atoms with van der Waals surface area (Å²) in [6, 6.07) is 11.4. The average Bonchev–Trinajstić information content (AvgIpc) is 3.22. The monoisotopic (exact) mass is 355 g/mol. The number of aromatic nitrogens is 2. The number of amides is 1. The van der Waals surface area contributed by atoms with Crippen LogP contribution in [0.3, 0.4) is 0 Å². The molecule has 3 rings (SSSR count). The molecule has 1 amide bonds. The lowest BCUT2D eigenvalue weighted by atomic mass is 10.1. The van der Waals surface area contributed by atoms with Gasteiger partial charge in [-0.1, -0.05) is 18.2 Å². The predicted octanol–water partition coefficient (Wildman–Crippen LogP) is 3.86. The normalized spacial score (nSPS) is 12.0. The topological polar surface area (TPSA) is 56.1 Å². The van der Waals surface area contributed by atoms with Crippen molar-refractivity contribution in [2.24, 2.45) is 7.05 Å². The van der Waals surface area contributed by atoms with Crippen molar-refractivity contribution in [1.29, 1.82) is 0 Å². The van der Waals surface area contributed by atoms with Gasteiger partial charge in [-0.15, -0.1) is 11.3 Å². The number of thiophene rings is 1. The number of nitrogens with one attached hydrogen (secondary N) is 1. The smallest absolute Gasteiger partial charge is 0.261 e. The molecule has 0 aliphatic carbocycles. The first-order chi connectivity index (χ1) is 12.0. The van der Waals surface area contributed by atoms with Crippen molar-refractivity contribution in [2.75, 3.05) is 0 Å². The molecule has 0 aliphatic rings. The van der Waals surface area contributed by atoms with Crippen LogP contribution in [0.4, 0.5) is 0 Å². The Kier molecular flexibility index (Phi) is 5.19. The van der Waals surface area contributed by atoms with E-state index in [4.69, 9.17) is 4.74 Å². The number of benzene rings is 1. The van der Waals surface area contributed by atoms with Crippen LogP contribution in [0.25, 0.3) is 0 Å². The standard InChI is InChI=1S/C19H21N3O2S/c1-13(17-10-20-22(3)14(17)2)21-19(23)18-9-15(12-25-18)11-24-16-7-5-4-6-8-16/h4-10,12-13H,11H2,1-3H3,(H,21,23). The molecule has 1 aromatic carbocycles. The Morgan fingerprint density at radius 3 is 2.80 bits per heavy atom. The van der Waals surface area contributed by atoms with E-state index in [0.29, 0.717) is 11.5 Å². The van der Waals surface area contributed by atoms with Gasteiger partial charge in [-0.05, 0) is 37.4 Å². The summed E-state index contributed by atoms with van der Waals surface area (Å²) >= 11 is 1.43. The molecule has 25 heavy (non-hydrogen) atoms. The summed E-state index contributed by atoms with van der Waals surface area (Å²) in [4.78, 5) is 13.1. The van der Waals surface area contributed by atoms with Crippen LogP contribution in [0.2, 0.25) is 0 Å². The van der Waals surface area contributed by atoms with E-state index < -0.39 is 0 Å². The van der Waals surface area contributed by atoms with E-state index in [-0.39, 0.29) is 11.9 Å². The lowest BCUT2D eigenvalue weighted by Crippen LogP contribution is -2.26. The zero-order valence-corrected chi connectivity index (χ0v) is 15.3. The lowest BCUT2D eigenvalue weighted by molar-refractivity contribution is 0.0944. The molecule has 0 aliphatic heterocycles. The molecule has 0 saturated heterocycles. The van der Waals surface area contributed by atoms with Crippen LogP contribution >= 0.6 is 11.3 Å². The minimum absolute atomic E-state index is 0.0771. The van der Waals surface area contributed by atoms with Crippen molar-refractivity contribution < 1.29 is 9.53 Å². The predicted molar refractivity (Wildman–Crippen MR) is 98.9 cm³/mol. The fraction of sp³-hybridized carbons (Fsp3) is 0.263. The minimum Gasteiger partial charge on any atom is -0.489 e. The molecule has 0 spiro atoms. The molecule has 2 aromatic heterocycles. The molecule has 1 unspecified atom stereocenters. The maximum absolute atomic E-state index is 12.5. The van der Waals surface area contributed by atoms with E-state index in [1.54, 1.807) is 6.20 Å². The third-order valence-corrected chi connectivity index (χ3v) is 5.09. The highest BCUT2D eigenvalue weighted by Gasteiger charge is 2.17. The zero-order valence-electron chi connectivity index (χ0n) is 14.5. The number of ether oxygens (including phenoxy) is 1. The Hall–Kier alpha value is -2.60. The molecule has 2 heterocycles. The molecular weight excluding hydrogens is 334 g/mol. The van der Waals surface area contributed by atoms with Crippen LogP contribution in [0.5, 0.6) is 5.75 Å². The molecular formula is C19H21N3O2S. The molecule has 0 fully saturated rings. The van der Waals surface area contributed by atoms with Crippen molar-refractivity contribution in [2.45, 2.75) is 26.5 Å². The highest BCUT2D eigenvalue weighted by atomic mass is 32.1. The number of rotatable bonds is 6. The highest BCUT2D eigenvalue weighted by Crippen LogP contribution is 2.20. The number of aryl methyl sites for hydroxylation is 1. The molecule has 0 saturated carbocycles. The number of carbonyl (C=O) groups is 1. The summed E-state index contributed by atoms with van der Waals surface area (Å²) in [5, 5.41) is 9.21. The third-order valence-electron chi connectivity index (χ3n) is 4.11. The quantitative estimate of drug-likeness (QED) is 0.730. The van der Waals surface area contributed by atoms with E-state index in [1.807, 2.05) is 67.4 Å². The van der Waals surface area contributed by atoms with Gasteiger partial charge in [0, 0.05) is 23.9 Å². The fourth-order valence-electron chi connectivity index (χ4n) is 2.54. The number of para-hydroxylation sites is 1. The lowest BCUT2D eigenvalue weighted by Gasteiger charge is -2.12. The summed E-state index contributed by atoms with van der Waals surface area (Å²) in [6.45, 7) is 4.41. The average molecular weight is 355 g/mol. The van der Waals surface area contributed by atoms with Crippen LogP contribution in [-0.4, -0.2) is 15.7 Å². The van der Waals surface area contributed by atoms with Gasteiger partial charge in [0.1, 0.15) is 12.4 Å². The third kappa shape index (κ3) is 4.09. The van der Waals surface area contributed by atoms with Crippen molar-refractivity contribution in [3.05, 3.63) is 69.7 Å². The van der Waals surface area contributed by atoms with E-state index >= 15 is 0 Å². The molecule has 130 valence electrons. The Labute approximate surface area is 151 Å². The van der Waals surface area contributed by atoms with Gasteiger partial charge in [-0.2, -0.15) is 5.10 Å². The van der Waals surface area contributed by atoms with Crippen molar-refractivity contribution in [3.63, 3.8) is 0 Å². The maximum Gasteiger partial charge on any atom is 0.261 e. The van der Waals surface area contributed by atoms with E-state index in [2.05, 4.69) is 10.4 Å². The van der Waals surface area contributed by atoms with Gasteiger partial charge < -0.3 is 10.1 Å². The van der Waals surface area contributed by atoms with E-state index in [0.717, 1.165) is 22.6 Å². The van der Waals surface area contributed by atoms with Gasteiger partial charge in [-0.3, -0.25) is 9.48 Å². The Balaban J connectivity index is 1.59. The first-order valence-corrected chi connectivity index (χ1v) is 8.97. The summed E-state index contributed by atoms with van der Waals surface area (Å²) < 4.78 is 7.53. The van der Waals surface area contributed by atoms with Crippen LogP contribution < -0.4 is 10.1 Å². The van der Waals surface area contributed by atoms with Gasteiger partial charge in [-0.25, -0.2) is 0 Å². The van der Waals surface area contributed by atoms with Gasteiger partial charge in [0.2, 0.25) is 0 Å². The number of hydrogen-bond acceptors (Lipinski definition) is 4. The highest BCUT2D eigenvalue weighted by molar-refractivity contribution is 7.12. The summed E-state index contributed by atoms with van der Waals surface area (Å²) in [5.74, 6) is 0.743. The second-order valence-corrected chi connectivity index (χ2v) is 6.84. The van der Waals surface area contributed by atoms with Gasteiger partial charge in [0.25, 0.3) is 5.91 Å². The summed E-state index contributed by atoms with van der Waals surface area (Å²) in [6.07, 6.45) is 1.80. The second-order valence-electron chi connectivity index (χ2n) is 5.93. The van der Waals surface area contributed by atoms with Crippen LogP contribution in [-0.2, 0) is 13.7 Å². The van der Waals surface area contributed by atoms with Crippen molar-refractivity contribution in [3.8, 4) is 5.75 Å². The van der Waals surface area contributed by atoms with Gasteiger partial charge in [0.15, 0.2) is 0 Å². The molecule has 0 radical (unpaired) electrons. The van der Waals surface area contributed by atoms with E-state index in [9.17, 15) is 4.79 Å². The SMILES string of the molecule is Cc1c(C(C)NC(=O)c2cc(COc3ccccc3)cs2)cnn1C. The molecule has 1 N–H and O–H groups in total. The Morgan fingerprint density at radius 1 is 1.36 bits per heavy atom. The first kappa shape index (κ1) is 17.2. The Bertz CT molecular complexity index is 855. The molecule has 3 aromatic rings. The fourth-order valence-corrected chi connectivity index (χ4v) is 3.34. The summed E-state index contributed by atoms with van der Waals surface area (Å²) in [7, 11) is 1.89. The van der Waals surface area contributed by atoms with Crippen LogP contribution in [0.15, 0.2) is 48.0 Å². The summed E-state index contributed by atoms with van der Waals surface area (Å²) in [5.41, 5.74) is 3.07. The largest absolute Gasteiger partial charge is 0.489 e. The Morgan fingerprint density at radius 2 is 2.12 bits per heavy atom. The van der Waals surface area contributed by atoms with Gasteiger partial charge >= 0.3 is 0 Å². The molecule has 6 heteroatoms. The van der Waals surface area contributed by atoms with E-state index in [1.165, 1.54) is 11.3 Å².